The number of nitrogens with zero attached hydrogens (tertiary/aromatic N) is 1. The summed E-state index contributed by atoms with van der Waals surface area (Å²) in [6.45, 7) is 7.41. The quantitative estimate of drug-likeness (QED) is 0.779. The molecule has 20 heavy (non-hydrogen) atoms. The average molecular weight is 276 g/mol. The first-order valence-electron chi connectivity index (χ1n) is 7.65. The van der Waals surface area contributed by atoms with E-state index in [1.54, 1.807) is 0 Å². The number of carbonyl (C=O) groups excluding carboxylic acids is 2. The number of aryl methyl sites for hydroxylation is 1. The van der Waals surface area contributed by atoms with E-state index in [1.165, 1.54) is 0 Å². The van der Waals surface area contributed by atoms with Gasteiger partial charge in [0.2, 0.25) is 0 Å². The van der Waals surface area contributed by atoms with Gasteiger partial charge in [-0.2, -0.15) is 0 Å². The summed E-state index contributed by atoms with van der Waals surface area (Å²) >= 11 is 0. The lowest BCUT2D eigenvalue weighted by molar-refractivity contribution is 0.0971. The van der Waals surface area contributed by atoms with E-state index in [2.05, 4.69) is 23.7 Å². The van der Waals surface area contributed by atoms with Crippen molar-refractivity contribution in [3.8, 4) is 0 Å². The summed E-state index contributed by atoms with van der Waals surface area (Å²) in [5.41, 5.74) is 3.36. The Hall–Kier alpha value is -1.42. The van der Waals surface area contributed by atoms with Crippen LogP contribution >= 0.6 is 0 Å². The van der Waals surface area contributed by atoms with Crippen LogP contribution in [0.2, 0.25) is 0 Å². The normalized spacial score (nSPS) is 14.7. The minimum atomic E-state index is 0.202. The molecule has 0 fully saturated rings. The van der Waals surface area contributed by atoms with Crippen molar-refractivity contribution in [1.29, 1.82) is 0 Å². The third kappa shape index (κ3) is 3.01. The van der Waals surface area contributed by atoms with E-state index in [0.29, 0.717) is 12.1 Å². The van der Waals surface area contributed by atoms with Gasteiger partial charge >= 0.3 is 0 Å². The molecule has 1 aliphatic rings. The highest BCUT2D eigenvalue weighted by Crippen LogP contribution is 2.27. The molecule has 1 heterocycles. The highest BCUT2D eigenvalue weighted by molar-refractivity contribution is 6.01. The van der Waals surface area contributed by atoms with E-state index in [-0.39, 0.29) is 5.78 Å². The van der Waals surface area contributed by atoms with Crippen LogP contribution in [0.5, 0.6) is 0 Å². The number of fused-ring (bicyclic) bond motifs is 1. The van der Waals surface area contributed by atoms with Gasteiger partial charge in [0.15, 0.2) is 12.1 Å². The highest BCUT2D eigenvalue weighted by Gasteiger charge is 2.25. The minimum Gasteiger partial charge on any atom is -0.355 e. The van der Waals surface area contributed by atoms with Gasteiger partial charge in [-0.05, 0) is 50.9 Å². The third-order valence-electron chi connectivity index (χ3n) is 4.24. The molecule has 0 spiro atoms. The maximum atomic E-state index is 12.1. The molecule has 1 N–H and O–H groups in total. The van der Waals surface area contributed by atoms with E-state index in [9.17, 15) is 9.59 Å². The molecule has 0 atom stereocenters. The van der Waals surface area contributed by atoms with Crippen LogP contribution in [0.25, 0.3) is 0 Å². The van der Waals surface area contributed by atoms with E-state index >= 15 is 0 Å². The lowest BCUT2D eigenvalue weighted by Gasteiger charge is -2.18. The Labute approximate surface area is 120 Å². The van der Waals surface area contributed by atoms with E-state index in [4.69, 9.17) is 0 Å². The molecule has 0 saturated carbocycles. The number of rotatable bonds is 7. The molecule has 0 radical (unpaired) electrons. The Morgan fingerprint density at radius 1 is 1.25 bits per heavy atom. The van der Waals surface area contributed by atoms with Crippen molar-refractivity contribution >= 4 is 12.1 Å². The fourth-order valence-corrected chi connectivity index (χ4v) is 3.07. The van der Waals surface area contributed by atoms with Gasteiger partial charge in [0.1, 0.15) is 0 Å². The molecule has 2 rings (SSSR count). The molecule has 0 unspecified atom stereocenters. The van der Waals surface area contributed by atoms with Crippen molar-refractivity contribution in [1.82, 2.24) is 9.88 Å². The third-order valence-corrected chi connectivity index (χ3v) is 4.24. The van der Waals surface area contributed by atoms with Gasteiger partial charge in [0, 0.05) is 17.7 Å². The van der Waals surface area contributed by atoms with Crippen LogP contribution in [0.15, 0.2) is 0 Å². The van der Waals surface area contributed by atoms with Crippen LogP contribution < -0.4 is 0 Å². The summed E-state index contributed by atoms with van der Waals surface area (Å²) in [4.78, 5) is 28.8. The molecule has 4 nitrogen and oxygen atoms in total. The SMILES string of the molecule is CCN(CC)CCCc1c(C=O)[nH]c2c1C(=O)CCC2. The number of carbonyl (C=O) groups is 2. The Morgan fingerprint density at radius 3 is 2.65 bits per heavy atom. The Morgan fingerprint density at radius 2 is 2.00 bits per heavy atom. The number of H-pyrrole nitrogens is 1. The second kappa shape index (κ2) is 6.84. The fourth-order valence-electron chi connectivity index (χ4n) is 3.07. The largest absolute Gasteiger partial charge is 0.355 e. The lowest BCUT2D eigenvalue weighted by Crippen LogP contribution is -2.24. The first-order valence-corrected chi connectivity index (χ1v) is 7.65. The first kappa shape index (κ1) is 15.0. The van der Waals surface area contributed by atoms with Crippen molar-refractivity contribution in [2.75, 3.05) is 19.6 Å². The van der Waals surface area contributed by atoms with Crippen LogP contribution in [0.1, 0.15) is 65.2 Å². The molecule has 0 bridgehead atoms. The smallest absolute Gasteiger partial charge is 0.166 e. The molecular formula is C16H24N2O2. The monoisotopic (exact) mass is 276 g/mol. The lowest BCUT2D eigenvalue weighted by atomic mass is 9.91. The second-order valence-corrected chi connectivity index (χ2v) is 5.40. The van der Waals surface area contributed by atoms with Crippen LogP contribution in [0.4, 0.5) is 0 Å². The van der Waals surface area contributed by atoms with E-state index < -0.39 is 0 Å². The number of hydrogen-bond donors (Lipinski definition) is 1. The number of aromatic nitrogens is 1. The number of Topliss-reactive ketones (excluding diaryl/α,β-unsaturated/α-hetero) is 1. The van der Waals surface area contributed by atoms with Crippen LogP contribution in [0.3, 0.4) is 0 Å². The van der Waals surface area contributed by atoms with E-state index in [1.807, 2.05) is 0 Å². The van der Waals surface area contributed by atoms with Crippen molar-refractivity contribution < 1.29 is 9.59 Å². The van der Waals surface area contributed by atoms with Crippen LogP contribution in [-0.4, -0.2) is 41.6 Å². The molecule has 1 aromatic heterocycles. The van der Waals surface area contributed by atoms with Crippen LogP contribution in [0, 0.1) is 0 Å². The summed E-state index contributed by atoms with van der Waals surface area (Å²) in [5.74, 6) is 0.202. The molecule has 1 aliphatic carbocycles. The maximum Gasteiger partial charge on any atom is 0.166 e. The molecule has 110 valence electrons. The number of aldehydes is 1. The van der Waals surface area contributed by atoms with Crippen molar-refractivity contribution in [2.24, 2.45) is 0 Å². The number of aromatic amines is 1. The topological polar surface area (TPSA) is 53.2 Å². The molecule has 0 saturated heterocycles. The van der Waals surface area contributed by atoms with Gasteiger partial charge in [-0.25, -0.2) is 0 Å². The molecule has 4 heteroatoms. The Kier molecular flexibility index (Phi) is 5.12. The highest BCUT2D eigenvalue weighted by atomic mass is 16.1. The zero-order chi connectivity index (χ0) is 14.5. The number of ketones is 1. The van der Waals surface area contributed by atoms with Gasteiger partial charge in [-0.1, -0.05) is 13.8 Å². The van der Waals surface area contributed by atoms with Crippen LogP contribution in [-0.2, 0) is 12.8 Å². The summed E-state index contributed by atoms with van der Waals surface area (Å²) in [6, 6.07) is 0. The Bertz CT molecular complexity index is 487. The number of nitrogens with one attached hydrogen (secondary N) is 1. The van der Waals surface area contributed by atoms with Gasteiger partial charge in [-0.15, -0.1) is 0 Å². The zero-order valence-electron chi connectivity index (χ0n) is 12.5. The fraction of sp³-hybridized carbons (Fsp3) is 0.625. The summed E-state index contributed by atoms with van der Waals surface area (Å²) in [5, 5.41) is 0. The van der Waals surface area contributed by atoms with Crippen molar-refractivity contribution in [2.45, 2.75) is 46.0 Å². The van der Waals surface area contributed by atoms with Crippen molar-refractivity contribution in [3.05, 3.63) is 22.5 Å². The molecule has 0 amide bonds. The molecular weight excluding hydrogens is 252 g/mol. The summed E-state index contributed by atoms with van der Waals surface area (Å²) < 4.78 is 0. The van der Waals surface area contributed by atoms with E-state index in [0.717, 1.165) is 68.4 Å². The maximum absolute atomic E-state index is 12.1. The Balaban J connectivity index is 2.12. The van der Waals surface area contributed by atoms with Gasteiger partial charge < -0.3 is 9.88 Å². The van der Waals surface area contributed by atoms with Gasteiger partial charge in [0.25, 0.3) is 0 Å². The predicted octanol–water partition coefficient (Wildman–Crippen LogP) is 2.62. The zero-order valence-corrected chi connectivity index (χ0v) is 12.5. The summed E-state index contributed by atoms with van der Waals surface area (Å²) in [7, 11) is 0. The summed E-state index contributed by atoms with van der Waals surface area (Å²) in [6.07, 6.45) is 5.05. The van der Waals surface area contributed by atoms with Crippen molar-refractivity contribution in [3.63, 3.8) is 0 Å². The molecule has 0 aromatic carbocycles. The minimum absolute atomic E-state index is 0.202. The standard InChI is InChI=1S/C16H24N2O2/c1-3-18(4-2)10-6-7-12-14(11-19)17-13-8-5-9-15(20)16(12)13/h11,17H,3-10H2,1-2H3. The second-order valence-electron chi connectivity index (χ2n) is 5.40. The van der Waals surface area contributed by atoms with Gasteiger partial charge in [0.05, 0.1) is 5.69 Å². The first-order chi connectivity index (χ1) is 9.71. The average Bonchev–Trinajstić information content (AvgIpc) is 2.83. The predicted molar refractivity (Wildman–Crippen MR) is 79.6 cm³/mol. The number of hydrogen-bond acceptors (Lipinski definition) is 3. The van der Waals surface area contributed by atoms with Gasteiger partial charge in [-0.3, -0.25) is 9.59 Å². The molecule has 0 aliphatic heterocycles. The molecule has 1 aromatic rings.